The Morgan fingerprint density at radius 2 is 2.25 bits per heavy atom. The molecule has 0 bridgehead atoms. The monoisotopic (exact) mass is 333 g/mol. The van der Waals surface area contributed by atoms with E-state index in [4.69, 9.17) is 14.3 Å². The van der Waals surface area contributed by atoms with Gasteiger partial charge in [0.25, 0.3) is 11.9 Å². The van der Waals surface area contributed by atoms with Crippen LogP contribution in [0.5, 0.6) is 5.95 Å². The SMILES string of the molecule is COc1ccc(C(=O)N2CCC[C@H](c3ccn(CC(=O)O)n3)C2)o1. The largest absolute Gasteiger partial charge is 0.480 e. The zero-order valence-electron chi connectivity index (χ0n) is 13.3. The molecule has 0 radical (unpaired) electrons. The van der Waals surface area contributed by atoms with Crippen LogP contribution in [0.4, 0.5) is 0 Å². The lowest BCUT2D eigenvalue weighted by atomic mass is 9.95. The van der Waals surface area contributed by atoms with Crippen molar-refractivity contribution in [3.63, 3.8) is 0 Å². The van der Waals surface area contributed by atoms with Gasteiger partial charge in [-0.1, -0.05) is 0 Å². The predicted molar refractivity (Wildman–Crippen MR) is 83.0 cm³/mol. The Balaban J connectivity index is 1.68. The molecule has 8 nitrogen and oxygen atoms in total. The molecule has 24 heavy (non-hydrogen) atoms. The van der Waals surface area contributed by atoms with Gasteiger partial charge in [0.15, 0.2) is 5.76 Å². The fraction of sp³-hybridized carbons (Fsp3) is 0.438. The molecule has 1 N–H and O–H groups in total. The average Bonchev–Trinajstić information content (AvgIpc) is 3.23. The van der Waals surface area contributed by atoms with Crippen LogP contribution in [0.15, 0.2) is 28.8 Å². The Morgan fingerprint density at radius 3 is 2.96 bits per heavy atom. The van der Waals surface area contributed by atoms with E-state index >= 15 is 0 Å². The van der Waals surface area contributed by atoms with Crippen LogP contribution in [-0.4, -0.2) is 51.9 Å². The topological polar surface area (TPSA) is 97.8 Å². The van der Waals surface area contributed by atoms with Gasteiger partial charge in [-0.25, -0.2) is 0 Å². The van der Waals surface area contributed by atoms with Gasteiger partial charge in [0.05, 0.1) is 12.8 Å². The summed E-state index contributed by atoms with van der Waals surface area (Å²) in [6.45, 7) is 1.03. The average molecular weight is 333 g/mol. The molecule has 3 heterocycles. The fourth-order valence-corrected chi connectivity index (χ4v) is 2.93. The summed E-state index contributed by atoms with van der Waals surface area (Å²) in [5.74, 6) is -0.456. The zero-order valence-corrected chi connectivity index (χ0v) is 13.3. The van der Waals surface area contributed by atoms with Crippen LogP contribution < -0.4 is 4.74 Å². The van der Waals surface area contributed by atoms with Gasteiger partial charge in [-0.05, 0) is 25.0 Å². The molecule has 8 heteroatoms. The first-order valence-corrected chi connectivity index (χ1v) is 7.75. The van der Waals surface area contributed by atoms with Crippen molar-refractivity contribution in [2.75, 3.05) is 20.2 Å². The van der Waals surface area contributed by atoms with Crippen LogP contribution >= 0.6 is 0 Å². The van der Waals surface area contributed by atoms with Crippen molar-refractivity contribution in [1.29, 1.82) is 0 Å². The number of hydrogen-bond donors (Lipinski definition) is 1. The van der Waals surface area contributed by atoms with Gasteiger partial charge < -0.3 is 19.2 Å². The number of carboxylic acids is 1. The van der Waals surface area contributed by atoms with Gasteiger partial charge in [-0.3, -0.25) is 14.3 Å². The molecular formula is C16H19N3O5. The number of nitrogens with zero attached hydrogens (tertiary/aromatic N) is 3. The second-order valence-corrected chi connectivity index (χ2v) is 5.75. The molecule has 0 aromatic carbocycles. The number of aliphatic carboxylic acids is 1. The predicted octanol–water partition coefficient (Wildman–Crippen LogP) is 1.59. The first kappa shape index (κ1) is 16.1. The number of methoxy groups -OCH3 is 1. The number of carbonyl (C=O) groups is 2. The first-order chi connectivity index (χ1) is 11.6. The second kappa shape index (κ2) is 6.77. The van der Waals surface area contributed by atoms with Crippen LogP contribution in [0, 0.1) is 0 Å². The van der Waals surface area contributed by atoms with Crippen LogP contribution in [0.3, 0.4) is 0 Å². The lowest BCUT2D eigenvalue weighted by molar-refractivity contribution is -0.137. The van der Waals surface area contributed by atoms with Crippen molar-refractivity contribution in [2.24, 2.45) is 0 Å². The molecule has 2 aromatic rings. The summed E-state index contributed by atoms with van der Waals surface area (Å²) in [5, 5.41) is 13.1. The van der Waals surface area contributed by atoms with Crippen molar-refractivity contribution in [3.8, 4) is 5.95 Å². The van der Waals surface area contributed by atoms with Crippen molar-refractivity contribution < 1.29 is 23.8 Å². The number of piperidine rings is 1. The number of aromatic nitrogens is 2. The van der Waals surface area contributed by atoms with E-state index < -0.39 is 5.97 Å². The van der Waals surface area contributed by atoms with E-state index in [-0.39, 0.29) is 24.1 Å². The number of carbonyl (C=O) groups excluding carboxylic acids is 1. The smallest absolute Gasteiger partial charge is 0.325 e. The van der Waals surface area contributed by atoms with Crippen molar-refractivity contribution >= 4 is 11.9 Å². The fourth-order valence-electron chi connectivity index (χ4n) is 2.93. The number of furan rings is 1. The minimum atomic E-state index is -0.933. The third kappa shape index (κ3) is 3.42. The summed E-state index contributed by atoms with van der Waals surface area (Å²) in [4.78, 5) is 25.0. The van der Waals surface area contributed by atoms with E-state index in [1.807, 2.05) is 6.07 Å². The maximum atomic E-state index is 12.5. The third-order valence-corrected chi connectivity index (χ3v) is 4.08. The van der Waals surface area contributed by atoms with E-state index in [9.17, 15) is 9.59 Å². The molecule has 1 fully saturated rings. The highest BCUT2D eigenvalue weighted by Gasteiger charge is 2.28. The molecule has 0 aliphatic carbocycles. The Morgan fingerprint density at radius 1 is 1.42 bits per heavy atom. The molecule has 128 valence electrons. The molecule has 1 amide bonds. The highest BCUT2D eigenvalue weighted by molar-refractivity contribution is 5.91. The van der Waals surface area contributed by atoms with Crippen molar-refractivity contribution in [2.45, 2.75) is 25.3 Å². The lowest BCUT2D eigenvalue weighted by Gasteiger charge is -2.31. The number of amides is 1. The maximum absolute atomic E-state index is 12.5. The molecular weight excluding hydrogens is 314 g/mol. The van der Waals surface area contributed by atoms with Crippen LogP contribution in [-0.2, 0) is 11.3 Å². The van der Waals surface area contributed by atoms with Crippen LogP contribution in [0.2, 0.25) is 0 Å². The molecule has 2 aromatic heterocycles. The lowest BCUT2D eigenvalue weighted by Crippen LogP contribution is -2.39. The summed E-state index contributed by atoms with van der Waals surface area (Å²) in [6.07, 6.45) is 3.43. The van der Waals surface area contributed by atoms with Gasteiger partial charge in [0.2, 0.25) is 0 Å². The highest BCUT2D eigenvalue weighted by Crippen LogP contribution is 2.27. The number of rotatable bonds is 5. The molecule has 0 unspecified atom stereocenters. The van der Waals surface area contributed by atoms with Gasteiger partial charge in [-0.15, -0.1) is 0 Å². The summed E-state index contributed by atoms with van der Waals surface area (Å²) >= 11 is 0. The Hall–Kier alpha value is -2.77. The minimum Gasteiger partial charge on any atom is -0.480 e. The van der Waals surface area contributed by atoms with Crippen molar-refractivity contribution in [3.05, 3.63) is 35.9 Å². The first-order valence-electron chi connectivity index (χ1n) is 7.75. The Kier molecular flexibility index (Phi) is 4.54. The molecule has 1 aliphatic heterocycles. The van der Waals surface area contributed by atoms with E-state index in [0.29, 0.717) is 19.0 Å². The number of ether oxygens (including phenoxy) is 1. The van der Waals surface area contributed by atoms with Gasteiger partial charge in [-0.2, -0.15) is 5.10 Å². The van der Waals surface area contributed by atoms with Crippen molar-refractivity contribution in [1.82, 2.24) is 14.7 Å². The molecule has 0 spiro atoms. The van der Waals surface area contributed by atoms with E-state index in [2.05, 4.69) is 5.10 Å². The van der Waals surface area contributed by atoms with Gasteiger partial charge >= 0.3 is 5.97 Å². The standard InChI is InChI=1S/C16H19N3O5/c1-23-15-5-4-13(24-15)16(22)18-7-2-3-11(9-18)12-6-8-19(17-12)10-14(20)21/h4-6,8,11H,2-3,7,9-10H2,1H3,(H,20,21)/t11-/m0/s1. The van der Waals surface area contributed by atoms with E-state index in [1.165, 1.54) is 11.8 Å². The summed E-state index contributed by atoms with van der Waals surface area (Å²) in [6, 6.07) is 5.03. The Bertz CT molecular complexity index is 736. The zero-order chi connectivity index (χ0) is 17.1. The normalized spacial score (nSPS) is 17.7. The molecule has 1 saturated heterocycles. The molecule has 1 atom stereocenters. The number of hydrogen-bond acceptors (Lipinski definition) is 5. The van der Waals surface area contributed by atoms with Crippen LogP contribution in [0.25, 0.3) is 0 Å². The Labute approximate surface area is 138 Å². The quantitative estimate of drug-likeness (QED) is 0.892. The van der Waals surface area contributed by atoms with Gasteiger partial charge in [0.1, 0.15) is 6.54 Å². The number of likely N-dealkylation sites (tertiary alicyclic amines) is 1. The second-order valence-electron chi connectivity index (χ2n) is 5.75. The third-order valence-electron chi connectivity index (χ3n) is 4.08. The molecule has 3 rings (SSSR count). The van der Waals surface area contributed by atoms with Crippen LogP contribution in [0.1, 0.15) is 35.0 Å². The molecule has 0 saturated carbocycles. The highest BCUT2D eigenvalue weighted by atomic mass is 16.6. The maximum Gasteiger partial charge on any atom is 0.325 e. The van der Waals surface area contributed by atoms with E-state index in [1.54, 1.807) is 23.2 Å². The summed E-state index contributed by atoms with van der Waals surface area (Å²) < 4.78 is 11.7. The van der Waals surface area contributed by atoms with E-state index in [0.717, 1.165) is 18.5 Å². The minimum absolute atomic E-state index is 0.0922. The summed E-state index contributed by atoms with van der Waals surface area (Å²) in [7, 11) is 1.48. The summed E-state index contributed by atoms with van der Waals surface area (Å²) in [5.41, 5.74) is 0.811. The number of carboxylic acid groups (broad SMARTS) is 1. The molecule has 1 aliphatic rings. The van der Waals surface area contributed by atoms with Gasteiger partial charge in [0, 0.05) is 31.3 Å².